The van der Waals surface area contributed by atoms with Gasteiger partial charge in [-0.15, -0.1) is 0 Å². The van der Waals surface area contributed by atoms with Gasteiger partial charge in [-0.1, -0.05) is 6.07 Å². The minimum absolute atomic E-state index is 0.186. The molecule has 36 heavy (non-hydrogen) atoms. The predicted octanol–water partition coefficient (Wildman–Crippen LogP) is 2.61. The van der Waals surface area contributed by atoms with Gasteiger partial charge in [0, 0.05) is 44.8 Å². The van der Waals surface area contributed by atoms with Crippen LogP contribution in [0, 0.1) is 5.82 Å². The molecule has 184 valence electrons. The molecule has 3 aromatic heterocycles. The molecule has 2 saturated heterocycles. The summed E-state index contributed by atoms with van der Waals surface area (Å²) >= 11 is 0. The number of piperazine rings is 1. The number of hydrogen-bond donors (Lipinski definition) is 2. The van der Waals surface area contributed by atoms with Gasteiger partial charge in [0.25, 0.3) is 0 Å². The van der Waals surface area contributed by atoms with Gasteiger partial charge in [-0.05, 0) is 24.3 Å². The van der Waals surface area contributed by atoms with E-state index in [1.165, 1.54) is 6.20 Å². The Labute approximate surface area is 207 Å². The average molecular weight is 488 g/mol. The van der Waals surface area contributed by atoms with Crippen molar-refractivity contribution in [3.05, 3.63) is 54.7 Å². The summed E-state index contributed by atoms with van der Waals surface area (Å²) in [6, 6.07) is 9.32. The van der Waals surface area contributed by atoms with Crippen molar-refractivity contribution in [2.75, 3.05) is 67.6 Å². The Kier molecular flexibility index (Phi) is 6.22. The lowest BCUT2D eigenvalue weighted by atomic mass is 10.1. The summed E-state index contributed by atoms with van der Waals surface area (Å²) in [5.74, 6) is 1.12. The molecule has 0 radical (unpaired) electrons. The minimum Gasteiger partial charge on any atom is -0.378 e. The first-order valence-electron chi connectivity index (χ1n) is 12.0. The van der Waals surface area contributed by atoms with Crippen molar-refractivity contribution in [2.45, 2.75) is 0 Å². The topological polar surface area (TPSA) is 104 Å². The molecule has 2 N–H and O–H groups in total. The second kappa shape index (κ2) is 9.96. The highest BCUT2D eigenvalue weighted by molar-refractivity contribution is 5.81. The third-order valence-corrected chi connectivity index (χ3v) is 6.35. The number of nitrogens with zero attached hydrogens (tertiary/aromatic N) is 7. The van der Waals surface area contributed by atoms with Crippen LogP contribution in [0.25, 0.3) is 22.3 Å². The lowest BCUT2D eigenvalue weighted by Gasteiger charge is -2.29. The number of ether oxygens (including phenoxy) is 1. The van der Waals surface area contributed by atoms with E-state index in [0.29, 0.717) is 30.1 Å². The van der Waals surface area contributed by atoms with Crippen molar-refractivity contribution in [1.82, 2.24) is 30.2 Å². The van der Waals surface area contributed by atoms with E-state index in [0.717, 1.165) is 56.3 Å². The summed E-state index contributed by atoms with van der Waals surface area (Å²) in [5, 5.41) is 6.43. The first kappa shape index (κ1) is 22.5. The van der Waals surface area contributed by atoms with E-state index in [1.807, 2.05) is 30.5 Å². The van der Waals surface area contributed by atoms with Gasteiger partial charge in [0.05, 0.1) is 48.5 Å². The molecule has 0 atom stereocenters. The number of hydrogen-bond acceptors (Lipinski definition) is 10. The van der Waals surface area contributed by atoms with Crippen molar-refractivity contribution < 1.29 is 9.13 Å². The Morgan fingerprint density at radius 2 is 1.69 bits per heavy atom. The van der Waals surface area contributed by atoms with E-state index >= 15 is 0 Å². The van der Waals surface area contributed by atoms with Crippen LogP contribution in [0.4, 0.5) is 27.7 Å². The Bertz CT molecular complexity index is 1360. The number of fused-ring (bicyclic) bond motifs is 1. The number of pyridine rings is 1. The van der Waals surface area contributed by atoms with E-state index in [4.69, 9.17) is 9.72 Å². The predicted molar refractivity (Wildman–Crippen MR) is 136 cm³/mol. The first-order chi connectivity index (χ1) is 17.7. The van der Waals surface area contributed by atoms with Crippen LogP contribution in [0.15, 0.2) is 48.9 Å². The van der Waals surface area contributed by atoms with Crippen molar-refractivity contribution >= 4 is 34.3 Å². The zero-order chi connectivity index (χ0) is 24.3. The molecule has 4 aromatic rings. The van der Waals surface area contributed by atoms with Gasteiger partial charge in [-0.3, -0.25) is 4.98 Å². The fourth-order valence-corrected chi connectivity index (χ4v) is 4.41. The lowest BCUT2D eigenvalue weighted by Crippen LogP contribution is -2.43. The number of halogens is 1. The Hall–Kier alpha value is -3.96. The quantitative estimate of drug-likeness (QED) is 0.437. The fraction of sp³-hybridized carbons (Fsp3) is 0.320. The summed E-state index contributed by atoms with van der Waals surface area (Å²) in [6.45, 7) is 6.66. The molecule has 0 saturated carbocycles. The van der Waals surface area contributed by atoms with E-state index in [-0.39, 0.29) is 11.6 Å². The van der Waals surface area contributed by atoms with Gasteiger partial charge in [0.2, 0.25) is 5.95 Å². The number of rotatable bonds is 5. The molecule has 0 amide bonds. The van der Waals surface area contributed by atoms with Crippen LogP contribution in [-0.4, -0.2) is 77.4 Å². The minimum atomic E-state index is -0.515. The zero-order valence-corrected chi connectivity index (χ0v) is 19.7. The molecule has 2 aliphatic heterocycles. The maximum atomic E-state index is 14.8. The smallest absolute Gasteiger partial charge is 0.229 e. The maximum absolute atomic E-state index is 14.8. The van der Waals surface area contributed by atoms with E-state index in [1.54, 1.807) is 12.3 Å². The van der Waals surface area contributed by atoms with Crippen molar-refractivity contribution in [3.63, 3.8) is 0 Å². The number of anilines is 4. The van der Waals surface area contributed by atoms with Gasteiger partial charge in [0.1, 0.15) is 17.3 Å². The Morgan fingerprint density at radius 3 is 2.50 bits per heavy atom. The molecule has 0 aliphatic carbocycles. The number of nitrogens with one attached hydrogen (secondary N) is 2. The lowest BCUT2D eigenvalue weighted by molar-refractivity contribution is 0.122. The summed E-state index contributed by atoms with van der Waals surface area (Å²) in [5.41, 5.74) is 3.26. The standard InChI is InChI=1S/C25H26FN9O/c26-19-15-30-25(32-22-4-2-18(14-29-22)34-7-5-27-6-8-34)33-24(19)17-1-3-20-21(13-17)31-23(16-28-20)35-9-11-36-12-10-35/h1-4,13-16,27H,5-12H2,(H,29,30,32,33). The Morgan fingerprint density at radius 1 is 0.833 bits per heavy atom. The van der Waals surface area contributed by atoms with E-state index in [2.05, 4.69) is 40.4 Å². The van der Waals surface area contributed by atoms with Crippen LogP contribution in [0.5, 0.6) is 0 Å². The highest BCUT2D eigenvalue weighted by Crippen LogP contribution is 2.26. The molecule has 0 bridgehead atoms. The van der Waals surface area contributed by atoms with E-state index < -0.39 is 5.82 Å². The zero-order valence-electron chi connectivity index (χ0n) is 19.7. The molecule has 0 unspecified atom stereocenters. The number of aromatic nitrogens is 5. The molecule has 10 nitrogen and oxygen atoms in total. The SMILES string of the molecule is Fc1cnc(Nc2ccc(N3CCNCC3)cn2)nc1-c1ccc2ncc(N3CCOCC3)nc2c1. The summed E-state index contributed by atoms with van der Waals surface area (Å²) in [4.78, 5) is 26.7. The first-order valence-corrected chi connectivity index (χ1v) is 12.0. The van der Waals surface area contributed by atoms with Crippen LogP contribution in [-0.2, 0) is 4.74 Å². The van der Waals surface area contributed by atoms with Crippen LogP contribution in [0.1, 0.15) is 0 Å². The number of benzene rings is 1. The second-order valence-corrected chi connectivity index (χ2v) is 8.68. The summed E-state index contributed by atoms with van der Waals surface area (Å²) < 4.78 is 20.2. The monoisotopic (exact) mass is 487 g/mol. The van der Waals surface area contributed by atoms with Crippen molar-refractivity contribution in [1.29, 1.82) is 0 Å². The molecular formula is C25H26FN9O. The van der Waals surface area contributed by atoms with E-state index in [9.17, 15) is 4.39 Å². The van der Waals surface area contributed by atoms with Gasteiger partial charge < -0.3 is 25.2 Å². The average Bonchev–Trinajstić information content (AvgIpc) is 2.95. The molecule has 6 rings (SSSR count). The molecule has 5 heterocycles. The Balaban J connectivity index is 1.24. The largest absolute Gasteiger partial charge is 0.378 e. The molecule has 1 aromatic carbocycles. The fourth-order valence-electron chi connectivity index (χ4n) is 4.41. The van der Waals surface area contributed by atoms with Gasteiger partial charge in [-0.2, -0.15) is 0 Å². The van der Waals surface area contributed by atoms with Crippen molar-refractivity contribution in [3.8, 4) is 11.3 Å². The molecule has 0 spiro atoms. The van der Waals surface area contributed by atoms with Crippen molar-refractivity contribution in [2.24, 2.45) is 0 Å². The summed E-state index contributed by atoms with van der Waals surface area (Å²) in [6.07, 6.45) is 4.76. The molecule has 11 heteroatoms. The third-order valence-electron chi connectivity index (χ3n) is 6.35. The van der Waals surface area contributed by atoms with Crippen LogP contribution in [0.2, 0.25) is 0 Å². The van der Waals surface area contributed by atoms with Gasteiger partial charge >= 0.3 is 0 Å². The van der Waals surface area contributed by atoms with Crippen LogP contribution >= 0.6 is 0 Å². The molecular weight excluding hydrogens is 461 g/mol. The molecule has 2 fully saturated rings. The summed E-state index contributed by atoms with van der Waals surface area (Å²) in [7, 11) is 0. The number of morpholine rings is 1. The van der Waals surface area contributed by atoms with Gasteiger partial charge in [-0.25, -0.2) is 24.3 Å². The van der Waals surface area contributed by atoms with Crippen LogP contribution < -0.4 is 20.4 Å². The highest BCUT2D eigenvalue weighted by Gasteiger charge is 2.16. The highest BCUT2D eigenvalue weighted by atomic mass is 19.1. The maximum Gasteiger partial charge on any atom is 0.229 e. The molecule has 2 aliphatic rings. The normalized spacial score (nSPS) is 16.4. The van der Waals surface area contributed by atoms with Gasteiger partial charge in [0.15, 0.2) is 5.82 Å². The second-order valence-electron chi connectivity index (χ2n) is 8.68. The van der Waals surface area contributed by atoms with Crippen LogP contribution in [0.3, 0.4) is 0 Å². The third kappa shape index (κ3) is 4.75.